The third-order valence-electron chi connectivity index (χ3n) is 9.41. The first-order valence-electron chi connectivity index (χ1n) is 17.6. The number of fused-ring (bicyclic) bond motifs is 3. The minimum atomic E-state index is -5.05. The zero-order chi connectivity index (χ0) is 44.9. The van der Waals surface area contributed by atoms with Gasteiger partial charge in [0.2, 0.25) is 11.6 Å². The molecule has 20 nitrogen and oxygen atoms in total. The number of hydrogen-bond acceptors (Lipinski definition) is 15. The molecule has 0 aromatic heterocycles. The Morgan fingerprint density at radius 3 is 1.65 bits per heavy atom. The number of amides is 2. The predicted octanol–water partition coefficient (Wildman–Crippen LogP) is 5.42. The van der Waals surface area contributed by atoms with E-state index in [4.69, 9.17) is 10.5 Å². The van der Waals surface area contributed by atoms with Crippen LogP contribution in [0.2, 0.25) is 0 Å². The predicted molar refractivity (Wildman–Crippen MR) is 231 cm³/mol. The lowest BCUT2D eigenvalue weighted by Gasteiger charge is -2.18. The number of methoxy groups -OCH3 is 1. The van der Waals surface area contributed by atoms with Crippen LogP contribution in [0, 0.1) is 6.92 Å². The maximum Gasteiger partial charge on any atom is 0.323 e. The van der Waals surface area contributed by atoms with E-state index in [1.807, 2.05) is 0 Å². The molecule has 23 heteroatoms. The molecule has 0 spiro atoms. The number of hydrogen-bond donors (Lipinski definition) is 8. The molecule has 0 fully saturated rings. The van der Waals surface area contributed by atoms with Gasteiger partial charge in [0, 0.05) is 28.6 Å². The smallest absolute Gasteiger partial charge is 0.323 e. The first-order chi connectivity index (χ1) is 29.1. The van der Waals surface area contributed by atoms with Crippen LogP contribution in [0.5, 0.6) is 5.75 Å². The van der Waals surface area contributed by atoms with Crippen molar-refractivity contribution in [2.24, 2.45) is 10.2 Å². The van der Waals surface area contributed by atoms with Gasteiger partial charge in [-0.25, -0.2) is 4.79 Å². The highest BCUT2D eigenvalue weighted by molar-refractivity contribution is 7.91. The largest absolute Gasteiger partial charge is 0.495 e. The summed E-state index contributed by atoms with van der Waals surface area (Å²) in [6, 6.07) is 18.3. The van der Waals surface area contributed by atoms with Crippen LogP contribution in [0.15, 0.2) is 110 Å². The van der Waals surface area contributed by atoms with E-state index in [1.54, 1.807) is 13.0 Å². The SMILES string of the molecule is COc1cc(NN=C2C(=O)c3ccc(NC(=O)Nc4ccc5c(c4)C=C(S(=O)(=O)O)C(=NNc4ccc6cc(S(=O)(=O)O)ccc6c4)C5=O)cc3C=C2S(=O)(=O)O)c(C)cc1N. The number of rotatable bonds is 10. The van der Waals surface area contributed by atoms with Crippen molar-refractivity contribution in [1.82, 2.24) is 0 Å². The first-order valence-corrected chi connectivity index (χ1v) is 21.9. The van der Waals surface area contributed by atoms with Crippen molar-refractivity contribution in [1.29, 1.82) is 0 Å². The summed E-state index contributed by atoms with van der Waals surface area (Å²) in [4.78, 5) is 38.2. The molecule has 0 radical (unpaired) electrons. The van der Waals surface area contributed by atoms with Crippen molar-refractivity contribution in [2.75, 3.05) is 34.3 Å². The molecule has 0 aliphatic heterocycles. The zero-order valence-corrected chi connectivity index (χ0v) is 34.3. The number of carbonyl (C=O) groups excluding carboxylic acids is 3. The minimum absolute atomic E-state index is 0.00690. The van der Waals surface area contributed by atoms with Crippen molar-refractivity contribution in [3.8, 4) is 5.75 Å². The molecular formula is C39H31N7O13S3. The van der Waals surface area contributed by atoms with E-state index in [0.717, 1.165) is 12.2 Å². The fraction of sp³-hybridized carbons (Fsp3) is 0.0513. The molecular weight excluding hydrogens is 871 g/mol. The van der Waals surface area contributed by atoms with Gasteiger partial charge in [0.05, 0.1) is 29.1 Å². The van der Waals surface area contributed by atoms with Gasteiger partial charge in [-0.1, -0.05) is 12.1 Å². The first kappa shape index (κ1) is 42.8. The van der Waals surface area contributed by atoms with Gasteiger partial charge >= 0.3 is 6.03 Å². The number of benzene rings is 5. The number of nitrogens with two attached hydrogens (primary N) is 1. The van der Waals surface area contributed by atoms with E-state index in [9.17, 15) is 53.3 Å². The molecule has 0 unspecified atom stereocenters. The molecule has 0 saturated heterocycles. The number of ether oxygens (including phenoxy) is 1. The van der Waals surface area contributed by atoms with Gasteiger partial charge in [0.25, 0.3) is 30.4 Å². The van der Waals surface area contributed by atoms with Gasteiger partial charge in [0.1, 0.15) is 15.6 Å². The second-order valence-electron chi connectivity index (χ2n) is 13.6. The number of nitrogen functional groups attached to an aromatic ring is 1. The summed E-state index contributed by atoms with van der Waals surface area (Å²) in [5.74, 6) is -1.48. The van der Waals surface area contributed by atoms with Crippen molar-refractivity contribution in [3.05, 3.63) is 123 Å². The van der Waals surface area contributed by atoms with E-state index in [0.29, 0.717) is 27.7 Å². The monoisotopic (exact) mass is 901 g/mol. The molecule has 62 heavy (non-hydrogen) atoms. The second-order valence-corrected chi connectivity index (χ2v) is 17.8. The number of aryl methyl sites for hydroxylation is 1. The van der Waals surface area contributed by atoms with Crippen LogP contribution in [0.1, 0.15) is 37.4 Å². The number of hydrazone groups is 2. The van der Waals surface area contributed by atoms with Crippen molar-refractivity contribution < 1.29 is 58.0 Å². The van der Waals surface area contributed by atoms with Crippen LogP contribution < -0.4 is 32.0 Å². The summed E-state index contributed by atoms with van der Waals surface area (Å²) in [7, 11) is -13.1. The average Bonchev–Trinajstić information content (AvgIpc) is 3.19. The molecule has 0 heterocycles. The second kappa shape index (κ2) is 16.0. The molecule has 7 rings (SSSR count). The Morgan fingerprint density at radius 2 is 1.13 bits per heavy atom. The van der Waals surface area contributed by atoms with E-state index < -0.39 is 69.2 Å². The van der Waals surface area contributed by atoms with Crippen molar-refractivity contribution in [2.45, 2.75) is 11.8 Å². The van der Waals surface area contributed by atoms with E-state index in [2.05, 4.69) is 31.7 Å². The topological polar surface area (TPSA) is 322 Å². The van der Waals surface area contributed by atoms with E-state index >= 15 is 0 Å². The molecule has 9 N–H and O–H groups in total. The summed E-state index contributed by atoms with van der Waals surface area (Å²) in [6.07, 6.45) is 1.98. The van der Waals surface area contributed by atoms with Gasteiger partial charge in [-0.15, -0.1) is 0 Å². The summed E-state index contributed by atoms with van der Waals surface area (Å²) in [6.45, 7) is 1.68. The molecule has 318 valence electrons. The Bertz CT molecular complexity index is 3290. The molecule has 2 aliphatic rings. The quantitative estimate of drug-likeness (QED) is 0.0493. The lowest BCUT2D eigenvalue weighted by Crippen LogP contribution is -2.27. The van der Waals surface area contributed by atoms with Gasteiger partial charge in [-0.3, -0.25) is 34.1 Å². The van der Waals surface area contributed by atoms with Crippen LogP contribution in [0.25, 0.3) is 22.9 Å². The molecule has 5 aromatic rings. The van der Waals surface area contributed by atoms with E-state index in [-0.39, 0.29) is 50.0 Å². The van der Waals surface area contributed by atoms with Crippen LogP contribution in [-0.2, 0) is 30.4 Å². The van der Waals surface area contributed by atoms with E-state index in [1.165, 1.54) is 86.0 Å². The Kier molecular flexibility index (Phi) is 11.0. The van der Waals surface area contributed by atoms with Crippen molar-refractivity contribution >= 4 is 111 Å². The van der Waals surface area contributed by atoms with Gasteiger partial charge in [0.15, 0.2) is 11.4 Å². The molecule has 0 bridgehead atoms. The standard InChI is InChI=1S/C39H31N7O13S3/c1-19-11-30(40)32(59-2)18-31(19)44-46-36-34(62(56,57)58)17-23-14-25(7-10-29(23)38(36)48)42-39(49)41-24-6-9-28-22(13-24)16-33(61(53,54)55)35(37(28)47)45-43-26-5-3-21-15-27(60(50,51)52)8-4-20(21)12-26/h3-18,43-44H,40H2,1-2H3,(H2,41,42,49)(H,50,51,52)(H,53,54,55)(H,56,57,58). The summed E-state index contributed by atoms with van der Waals surface area (Å²) >= 11 is 0. The number of ketones is 2. The fourth-order valence-electron chi connectivity index (χ4n) is 6.43. The number of nitrogens with one attached hydrogen (secondary N) is 4. The third-order valence-corrected chi connectivity index (χ3v) is 12.0. The maximum atomic E-state index is 13.5. The summed E-state index contributed by atoms with van der Waals surface area (Å²) < 4.78 is 107. The molecule has 5 aromatic carbocycles. The minimum Gasteiger partial charge on any atom is -0.495 e. The van der Waals surface area contributed by atoms with Crippen LogP contribution in [0.3, 0.4) is 0 Å². The third kappa shape index (κ3) is 8.78. The molecule has 2 aliphatic carbocycles. The molecule has 2 amide bonds. The van der Waals surface area contributed by atoms with Crippen LogP contribution in [-0.4, -0.2) is 75.0 Å². The Balaban J connectivity index is 1.09. The molecule has 0 saturated carbocycles. The Labute approximate surface area is 352 Å². The Morgan fingerprint density at radius 1 is 0.629 bits per heavy atom. The average molecular weight is 902 g/mol. The lowest BCUT2D eigenvalue weighted by molar-refractivity contribution is 0.105. The number of allylic oxidation sites excluding steroid dienone is 2. The van der Waals surface area contributed by atoms with Crippen LogP contribution in [0.4, 0.5) is 33.2 Å². The highest BCUT2D eigenvalue weighted by atomic mass is 32.2. The lowest BCUT2D eigenvalue weighted by atomic mass is 9.94. The zero-order valence-electron chi connectivity index (χ0n) is 31.9. The number of Topliss-reactive ketones (excluding diaryl/α,β-unsaturated/α-hetero) is 2. The van der Waals surface area contributed by atoms with Crippen LogP contribution >= 0.6 is 0 Å². The highest BCUT2D eigenvalue weighted by Crippen LogP contribution is 2.32. The molecule has 0 atom stereocenters. The van der Waals surface area contributed by atoms with Gasteiger partial charge in [-0.05, 0) is 113 Å². The number of anilines is 5. The fourth-order valence-corrected chi connectivity index (χ4v) is 8.26. The number of carbonyl (C=O) groups is 3. The normalized spacial score (nSPS) is 15.4. The number of nitrogens with zero attached hydrogens (tertiary/aromatic N) is 2. The number of urea groups is 1. The maximum absolute atomic E-state index is 13.5. The Hall–Kier alpha value is -7.28. The summed E-state index contributed by atoms with van der Waals surface area (Å²) in [5.41, 5.74) is 11.4. The summed E-state index contributed by atoms with van der Waals surface area (Å²) in [5, 5.41) is 13.9. The van der Waals surface area contributed by atoms with Gasteiger partial charge in [-0.2, -0.15) is 35.5 Å². The highest BCUT2D eigenvalue weighted by Gasteiger charge is 2.34. The van der Waals surface area contributed by atoms with Gasteiger partial charge < -0.3 is 21.1 Å². The van der Waals surface area contributed by atoms with Crippen molar-refractivity contribution in [3.63, 3.8) is 0 Å².